The van der Waals surface area contributed by atoms with Gasteiger partial charge in [-0.3, -0.25) is 4.79 Å². The summed E-state index contributed by atoms with van der Waals surface area (Å²) in [7, 11) is 0. The Morgan fingerprint density at radius 1 is 1.22 bits per heavy atom. The molecule has 1 unspecified atom stereocenters. The monoisotopic (exact) mass is 248 g/mol. The van der Waals surface area contributed by atoms with Crippen LogP contribution < -0.4 is 0 Å². The smallest absolute Gasteiger partial charge is 0.303 e. The van der Waals surface area contributed by atoms with Crippen molar-refractivity contribution in [2.75, 3.05) is 0 Å². The van der Waals surface area contributed by atoms with E-state index < -0.39 is 5.97 Å². The molecule has 0 saturated carbocycles. The first-order valence-electron chi connectivity index (χ1n) is 6.65. The third kappa shape index (κ3) is 3.59. The lowest BCUT2D eigenvalue weighted by Crippen LogP contribution is -2.14. The third-order valence-electron chi connectivity index (χ3n) is 3.57. The molecular weight excluding hydrogens is 224 g/mol. The largest absolute Gasteiger partial charge is 0.481 e. The summed E-state index contributed by atoms with van der Waals surface area (Å²) in [5, 5.41) is 9.06. The predicted molar refractivity (Wildman–Crippen MR) is 75.1 cm³/mol. The van der Waals surface area contributed by atoms with Gasteiger partial charge in [0, 0.05) is 0 Å². The standard InChI is InChI=1S/C16H24O2/c1-10(2)13-7-6-12(5)15(8-13)14(11(3)4)9-16(17)18/h6-8,10-11,14H,9H2,1-5H3,(H,17,18). The first-order chi connectivity index (χ1) is 8.32. The van der Waals surface area contributed by atoms with Crippen molar-refractivity contribution >= 4 is 5.97 Å². The summed E-state index contributed by atoms with van der Waals surface area (Å²) in [6.45, 7) is 10.6. The average molecular weight is 248 g/mol. The highest BCUT2D eigenvalue weighted by molar-refractivity contribution is 5.68. The van der Waals surface area contributed by atoms with Crippen molar-refractivity contribution in [1.29, 1.82) is 0 Å². The summed E-state index contributed by atoms with van der Waals surface area (Å²) in [5.74, 6) is 0.188. The maximum atomic E-state index is 11.0. The Bertz CT molecular complexity index is 419. The normalized spacial score (nSPS) is 13.1. The number of rotatable bonds is 5. The van der Waals surface area contributed by atoms with Crippen LogP contribution in [0.25, 0.3) is 0 Å². The van der Waals surface area contributed by atoms with Gasteiger partial charge in [0.15, 0.2) is 0 Å². The van der Waals surface area contributed by atoms with Crippen LogP contribution in [0.4, 0.5) is 0 Å². The summed E-state index contributed by atoms with van der Waals surface area (Å²) in [5.41, 5.74) is 3.67. The Kier molecular flexibility index (Phi) is 4.94. The molecule has 0 saturated heterocycles. The Labute approximate surface area is 110 Å². The second kappa shape index (κ2) is 6.03. The Balaban J connectivity index is 3.17. The summed E-state index contributed by atoms with van der Waals surface area (Å²) >= 11 is 0. The van der Waals surface area contributed by atoms with Gasteiger partial charge >= 0.3 is 5.97 Å². The van der Waals surface area contributed by atoms with Gasteiger partial charge in [-0.2, -0.15) is 0 Å². The minimum absolute atomic E-state index is 0.0983. The molecule has 0 aliphatic rings. The van der Waals surface area contributed by atoms with Crippen molar-refractivity contribution in [3.8, 4) is 0 Å². The van der Waals surface area contributed by atoms with Gasteiger partial charge in [0.2, 0.25) is 0 Å². The van der Waals surface area contributed by atoms with Crippen molar-refractivity contribution in [2.45, 2.75) is 52.9 Å². The molecular formula is C16H24O2. The van der Waals surface area contributed by atoms with Crippen LogP contribution in [-0.2, 0) is 4.79 Å². The highest BCUT2D eigenvalue weighted by atomic mass is 16.4. The van der Waals surface area contributed by atoms with Gasteiger partial charge in [0.05, 0.1) is 6.42 Å². The van der Waals surface area contributed by atoms with E-state index in [1.807, 2.05) is 0 Å². The highest BCUT2D eigenvalue weighted by Crippen LogP contribution is 2.32. The van der Waals surface area contributed by atoms with E-state index >= 15 is 0 Å². The molecule has 0 fully saturated rings. The number of carbonyl (C=O) groups is 1. The van der Waals surface area contributed by atoms with E-state index in [1.54, 1.807) is 0 Å². The maximum absolute atomic E-state index is 11.0. The van der Waals surface area contributed by atoms with Gasteiger partial charge in [-0.05, 0) is 41.4 Å². The molecule has 1 aromatic rings. The molecule has 0 amide bonds. The highest BCUT2D eigenvalue weighted by Gasteiger charge is 2.21. The second-order valence-electron chi connectivity index (χ2n) is 5.72. The molecule has 0 aliphatic carbocycles. The van der Waals surface area contributed by atoms with E-state index in [-0.39, 0.29) is 12.3 Å². The molecule has 1 aromatic carbocycles. The predicted octanol–water partition coefficient (Wildman–Crippen LogP) is 4.33. The molecule has 0 aromatic heterocycles. The number of carboxylic acid groups (broad SMARTS) is 1. The minimum atomic E-state index is -0.719. The molecule has 1 rings (SSSR count). The fraction of sp³-hybridized carbons (Fsp3) is 0.562. The van der Waals surface area contributed by atoms with E-state index in [2.05, 4.69) is 52.8 Å². The van der Waals surface area contributed by atoms with E-state index in [4.69, 9.17) is 5.11 Å². The number of aryl methyl sites for hydroxylation is 1. The third-order valence-corrected chi connectivity index (χ3v) is 3.57. The molecule has 18 heavy (non-hydrogen) atoms. The van der Waals surface area contributed by atoms with Crippen molar-refractivity contribution in [2.24, 2.45) is 5.92 Å². The number of hydrogen-bond acceptors (Lipinski definition) is 1. The zero-order valence-corrected chi connectivity index (χ0v) is 12.0. The summed E-state index contributed by atoms with van der Waals surface area (Å²) in [6.07, 6.45) is 0.208. The molecule has 2 nitrogen and oxygen atoms in total. The molecule has 100 valence electrons. The molecule has 1 N–H and O–H groups in total. The SMILES string of the molecule is Cc1ccc(C(C)C)cc1C(CC(=O)O)C(C)C. The maximum Gasteiger partial charge on any atom is 0.303 e. The quantitative estimate of drug-likeness (QED) is 0.842. The van der Waals surface area contributed by atoms with Crippen LogP contribution in [0.5, 0.6) is 0 Å². The molecule has 0 heterocycles. The van der Waals surface area contributed by atoms with Crippen LogP contribution in [0.1, 0.15) is 62.6 Å². The van der Waals surface area contributed by atoms with Crippen LogP contribution in [0.3, 0.4) is 0 Å². The first-order valence-corrected chi connectivity index (χ1v) is 6.65. The van der Waals surface area contributed by atoms with E-state index in [9.17, 15) is 4.79 Å². The van der Waals surface area contributed by atoms with Crippen LogP contribution >= 0.6 is 0 Å². The van der Waals surface area contributed by atoms with Gasteiger partial charge in [0.1, 0.15) is 0 Å². The molecule has 2 heteroatoms. The number of aliphatic carboxylic acids is 1. The van der Waals surface area contributed by atoms with Gasteiger partial charge < -0.3 is 5.11 Å². The number of carboxylic acids is 1. The van der Waals surface area contributed by atoms with E-state index in [1.165, 1.54) is 16.7 Å². The van der Waals surface area contributed by atoms with Gasteiger partial charge in [-0.15, -0.1) is 0 Å². The lowest BCUT2D eigenvalue weighted by Gasteiger charge is -2.23. The van der Waals surface area contributed by atoms with Crippen molar-refractivity contribution in [1.82, 2.24) is 0 Å². The van der Waals surface area contributed by atoms with E-state index in [0.717, 1.165) is 0 Å². The van der Waals surface area contributed by atoms with Crippen molar-refractivity contribution in [3.05, 3.63) is 34.9 Å². The van der Waals surface area contributed by atoms with Gasteiger partial charge in [0.25, 0.3) is 0 Å². The Hall–Kier alpha value is -1.31. The van der Waals surface area contributed by atoms with Crippen molar-refractivity contribution < 1.29 is 9.90 Å². The first kappa shape index (κ1) is 14.7. The van der Waals surface area contributed by atoms with Crippen LogP contribution in [0, 0.1) is 12.8 Å². The minimum Gasteiger partial charge on any atom is -0.481 e. The Morgan fingerprint density at radius 3 is 2.28 bits per heavy atom. The average Bonchev–Trinajstić information content (AvgIpc) is 2.26. The topological polar surface area (TPSA) is 37.3 Å². The molecule has 0 aliphatic heterocycles. The molecule has 0 radical (unpaired) electrons. The summed E-state index contributed by atoms with van der Waals surface area (Å²) < 4.78 is 0. The lowest BCUT2D eigenvalue weighted by atomic mass is 9.82. The molecule has 0 bridgehead atoms. The molecule has 0 spiro atoms. The fourth-order valence-electron chi connectivity index (χ4n) is 2.31. The van der Waals surface area contributed by atoms with Gasteiger partial charge in [-0.1, -0.05) is 45.9 Å². The molecule has 1 atom stereocenters. The van der Waals surface area contributed by atoms with Crippen LogP contribution in [-0.4, -0.2) is 11.1 Å². The summed E-state index contributed by atoms with van der Waals surface area (Å²) in [4.78, 5) is 11.0. The van der Waals surface area contributed by atoms with Crippen molar-refractivity contribution in [3.63, 3.8) is 0 Å². The lowest BCUT2D eigenvalue weighted by molar-refractivity contribution is -0.137. The van der Waals surface area contributed by atoms with E-state index in [0.29, 0.717) is 11.8 Å². The van der Waals surface area contributed by atoms with Crippen LogP contribution in [0.2, 0.25) is 0 Å². The van der Waals surface area contributed by atoms with Gasteiger partial charge in [-0.25, -0.2) is 0 Å². The fourth-order valence-corrected chi connectivity index (χ4v) is 2.31. The number of hydrogen-bond donors (Lipinski definition) is 1. The number of benzene rings is 1. The zero-order valence-electron chi connectivity index (χ0n) is 12.0. The Morgan fingerprint density at radius 2 is 1.83 bits per heavy atom. The van der Waals surface area contributed by atoms with Crippen LogP contribution in [0.15, 0.2) is 18.2 Å². The summed E-state index contributed by atoms with van der Waals surface area (Å²) in [6, 6.07) is 6.44. The zero-order chi connectivity index (χ0) is 13.9. The second-order valence-corrected chi connectivity index (χ2v) is 5.72.